The highest BCUT2D eigenvalue weighted by Crippen LogP contribution is 2.64. The third kappa shape index (κ3) is 2.25. The minimum absolute atomic E-state index is 0.760. The van der Waals surface area contributed by atoms with E-state index in [9.17, 15) is 0 Å². The van der Waals surface area contributed by atoms with Crippen molar-refractivity contribution >= 4 is 7.26 Å². The van der Waals surface area contributed by atoms with Crippen molar-refractivity contribution in [1.29, 1.82) is 0 Å². The quantitative estimate of drug-likeness (QED) is 0.636. The molecule has 1 aromatic carbocycles. The lowest BCUT2D eigenvalue weighted by molar-refractivity contribution is 1.13. The fraction of sp³-hybridized carbons (Fsp3) is 0.385. The summed E-state index contributed by atoms with van der Waals surface area (Å²) in [6.07, 6.45) is 4.05. The Morgan fingerprint density at radius 2 is 1.93 bits per heavy atom. The van der Waals surface area contributed by atoms with Crippen LogP contribution in [-0.4, -0.2) is 12.8 Å². The molecule has 1 aliphatic rings. The Morgan fingerprint density at radius 3 is 2.50 bits per heavy atom. The van der Waals surface area contributed by atoms with Gasteiger partial charge in [-0.2, -0.15) is 0 Å². The van der Waals surface area contributed by atoms with Crippen LogP contribution < -0.4 is 0 Å². The summed E-state index contributed by atoms with van der Waals surface area (Å²) >= 11 is 0. The van der Waals surface area contributed by atoms with E-state index in [1.54, 1.807) is 5.57 Å². The lowest BCUT2D eigenvalue weighted by Gasteiger charge is -2.14. The Bertz CT molecular complexity index is 340. The zero-order valence-electron chi connectivity index (χ0n) is 9.03. The number of hydrogen-bond donors (Lipinski definition) is 0. The van der Waals surface area contributed by atoms with E-state index < -0.39 is 7.26 Å². The van der Waals surface area contributed by atoms with Crippen molar-refractivity contribution in [3.8, 4) is 0 Å². The standard InChI is InChI=1S/C13H18P/c1-12-8-9-14(2,10-12)11-13-6-4-3-5-7-13/h3-7,10H,8-9,11H2,1-2H3/q+1. The van der Waals surface area contributed by atoms with Gasteiger partial charge in [0, 0.05) is 13.7 Å². The van der Waals surface area contributed by atoms with E-state index in [0.29, 0.717) is 0 Å². The average Bonchev–Trinajstić information content (AvgIpc) is 2.47. The summed E-state index contributed by atoms with van der Waals surface area (Å²) in [6, 6.07) is 10.9. The summed E-state index contributed by atoms with van der Waals surface area (Å²) in [5.74, 6) is 2.57. The predicted molar refractivity (Wildman–Crippen MR) is 66.2 cm³/mol. The molecule has 1 heteroatoms. The zero-order valence-corrected chi connectivity index (χ0v) is 9.93. The highest BCUT2D eigenvalue weighted by Gasteiger charge is 2.33. The number of rotatable bonds is 2. The van der Waals surface area contributed by atoms with Crippen LogP contribution in [-0.2, 0) is 6.16 Å². The van der Waals surface area contributed by atoms with Crippen LogP contribution in [0.1, 0.15) is 18.9 Å². The van der Waals surface area contributed by atoms with Crippen LogP contribution in [0.25, 0.3) is 0 Å². The van der Waals surface area contributed by atoms with E-state index in [-0.39, 0.29) is 0 Å². The molecule has 0 N–H and O–H groups in total. The van der Waals surface area contributed by atoms with Crippen molar-refractivity contribution in [2.45, 2.75) is 19.5 Å². The number of allylic oxidation sites excluding steroid dienone is 1. The fourth-order valence-corrected chi connectivity index (χ4v) is 5.70. The summed E-state index contributed by atoms with van der Waals surface area (Å²) < 4.78 is 0. The monoisotopic (exact) mass is 205 g/mol. The summed E-state index contributed by atoms with van der Waals surface area (Å²) in [4.78, 5) is 0. The molecule has 0 nitrogen and oxygen atoms in total. The van der Waals surface area contributed by atoms with Gasteiger partial charge in [-0.15, -0.1) is 0 Å². The molecule has 0 radical (unpaired) electrons. The van der Waals surface area contributed by atoms with Gasteiger partial charge in [0.05, 0.1) is 24.8 Å². The molecule has 0 fully saturated rings. The molecule has 0 amide bonds. The average molecular weight is 205 g/mol. The van der Waals surface area contributed by atoms with Crippen molar-refractivity contribution < 1.29 is 0 Å². The maximum absolute atomic E-state index is 2.57. The highest BCUT2D eigenvalue weighted by atomic mass is 31.2. The maximum Gasteiger partial charge on any atom is 0.0881 e. The van der Waals surface area contributed by atoms with E-state index in [1.165, 1.54) is 24.3 Å². The van der Waals surface area contributed by atoms with Gasteiger partial charge in [0.25, 0.3) is 0 Å². The van der Waals surface area contributed by atoms with Gasteiger partial charge in [-0.1, -0.05) is 30.3 Å². The Morgan fingerprint density at radius 1 is 1.21 bits per heavy atom. The molecule has 0 spiro atoms. The smallest absolute Gasteiger partial charge is 0.0622 e. The molecule has 74 valence electrons. The molecule has 1 aliphatic heterocycles. The second-order valence-electron chi connectivity index (χ2n) is 4.57. The largest absolute Gasteiger partial charge is 0.0881 e. The number of hydrogen-bond acceptors (Lipinski definition) is 0. The first-order chi connectivity index (χ1) is 6.68. The Labute approximate surface area is 87.4 Å². The summed E-state index contributed by atoms with van der Waals surface area (Å²) in [7, 11) is -0.760. The van der Waals surface area contributed by atoms with E-state index >= 15 is 0 Å². The van der Waals surface area contributed by atoms with Crippen LogP contribution in [0.3, 0.4) is 0 Å². The van der Waals surface area contributed by atoms with Gasteiger partial charge >= 0.3 is 0 Å². The van der Waals surface area contributed by atoms with E-state index in [1.807, 2.05) is 0 Å². The predicted octanol–water partition coefficient (Wildman–Crippen LogP) is 4.14. The molecule has 1 atom stereocenters. The molecule has 0 aliphatic carbocycles. The molecule has 0 bridgehead atoms. The van der Waals surface area contributed by atoms with E-state index in [0.717, 1.165) is 0 Å². The lowest BCUT2D eigenvalue weighted by Crippen LogP contribution is -1.93. The third-order valence-electron chi connectivity index (χ3n) is 2.94. The highest BCUT2D eigenvalue weighted by molar-refractivity contribution is 7.77. The van der Waals surface area contributed by atoms with Crippen molar-refractivity contribution in [2.24, 2.45) is 0 Å². The first kappa shape index (κ1) is 9.93. The van der Waals surface area contributed by atoms with Gasteiger partial charge in [-0.25, -0.2) is 0 Å². The molecule has 14 heavy (non-hydrogen) atoms. The van der Waals surface area contributed by atoms with Gasteiger partial charge in [-0.3, -0.25) is 0 Å². The Balaban J connectivity index is 2.12. The lowest BCUT2D eigenvalue weighted by atomic mass is 10.2. The normalized spacial score (nSPS) is 26.3. The van der Waals surface area contributed by atoms with Gasteiger partial charge in [0.1, 0.15) is 0 Å². The van der Waals surface area contributed by atoms with Crippen molar-refractivity contribution in [3.63, 3.8) is 0 Å². The van der Waals surface area contributed by atoms with Gasteiger partial charge in [-0.05, 0) is 18.1 Å². The van der Waals surface area contributed by atoms with E-state index in [2.05, 4.69) is 49.7 Å². The van der Waals surface area contributed by atoms with E-state index in [4.69, 9.17) is 0 Å². The summed E-state index contributed by atoms with van der Waals surface area (Å²) in [5, 5.41) is 0. The SMILES string of the molecule is CC1=C[P+](C)(Cc2ccccc2)CC1. The second-order valence-corrected chi connectivity index (χ2v) is 8.55. The minimum Gasteiger partial charge on any atom is -0.0622 e. The minimum atomic E-state index is -0.760. The van der Waals surface area contributed by atoms with Crippen molar-refractivity contribution in [2.75, 3.05) is 12.8 Å². The van der Waals surface area contributed by atoms with Crippen LogP contribution in [0.5, 0.6) is 0 Å². The second kappa shape index (κ2) is 3.87. The molecule has 0 saturated heterocycles. The first-order valence-corrected chi connectivity index (χ1v) is 7.92. The molecule has 0 saturated carbocycles. The first-order valence-electron chi connectivity index (χ1n) is 5.24. The summed E-state index contributed by atoms with van der Waals surface area (Å²) in [5.41, 5.74) is 3.12. The molecule has 1 unspecified atom stereocenters. The molecular weight excluding hydrogens is 187 g/mol. The van der Waals surface area contributed by atoms with Crippen LogP contribution in [0.15, 0.2) is 41.7 Å². The van der Waals surface area contributed by atoms with Gasteiger partial charge in [0.15, 0.2) is 0 Å². The molecular formula is C13H18P+. The third-order valence-corrected chi connectivity index (χ3v) is 6.33. The fourth-order valence-electron chi connectivity index (χ4n) is 2.22. The Hall–Kier alpha value is -0.610. The van der Waals surface area contributed by atoms with Crippen LogP contribution in [0, 0.1) is 0 Å². The molecule has 0 aromatic heterocycles. The molecule has 1 aromatic rings. The van der Waals surface area contributed by atoms with Crippen LogP contribution in [0.2, 0.25) is 0 Å². The topological polar surface area (TPSA) is 0 Å². The number of benzene rings is 1. The zero-order chi connectivity index (χ0) is 10.0. The van der Waals surface area contributed by atoms with Gasteiger partial charge in [0.2, 0.25) is 0 Å². The van der Waals surface area contributed by atoms with Crippen molar-refractivity contribution in [3.05, 3.63) is 47.3 Å². The molecule has 1 heterocycles. The van der Waals surface area contributed by atoms with Crippen LogP contribution >= 0.6 is 7.26 Å². The maximum atomic E-state index is 2.57. The van der Waals surface area contributed by atoms with Crippen molar-refractivity contribution in [1.82, 2.24) is 0 Å². The molecule has 2 rings (SSSR count). The van der Waals surface area contributed by atoms with Gasteiger partial charge < -0.3 is 0 Å². The van der Waals surface area contributed by atoms with Crippen LogP contribution in [0.4, 0.5) is 0 Å². The summed E-state index contributed by atoms with van der Waals surface area (Å²) in [6.45, 7) is 4.76. The Kier molecular flexibility index (Phi) is 2.74.